The molecule has 5 aliphatic rings. The van der Waals surface area contributed by atoms with E-state index in [-0.39, 0.29) is 150 Å². The van der Waals surface area contributed by atoms with Gasteiger partial charge in [-0.05, 0) is 48.5 Å². The van der Waals surface area contributed by atoms with E-state index in [1.54, 1.807) is 97.1 Å². The molecule has 0 N–H and O–H groups in total. The second kappa shape index (κ2) is 23.1. The van der Waals surface area contributed by atoms with Crippen LogP contribution >= 0.6 is 0 Å². The molecule has 0 aromatic heterocycles. The third-order valence-corrected chi connectivity index (χ3v) is 12.8. The Labute approximate surface area is 413 Å². The maximum Gasteiger partial charge on any atom is 0.261 e. The number of amides is 8. The lowest BCUT2D eigenvalue weighted by Gasteiger charge is -2.32. The summed E-state index contributed by atoms with van der Waals surface area (Å²) in [6, 6.07) is 25.8. The summed E-state index contributed by atoms with van der Waals surface area (Å²) in [4.78, 5) is 113. The summed E-state index contributed by atoms with van der Waals surface area (Å²) in [6.07, 6.45) is -4.18. The summed E-state index contributed by atoms with van der Waals surface area (Å²) < 4.78 is 48.6. The van der Waals surface area contributed by atoms with E-state index in [1.807, 2.05) is 0 Å². The van der Waals surface area contributed by atoms with Gasteiger partial charge in [-0.3, -0.25) is 58.0 Å². The van der Waals surface area contributed by atoms with Crippen LogP contribution in [0.15, 0.2) is 97.1 Å². The quantitative estimate of drug-likeness (QED) is 0.232. The van der Waals surface area contributed by atoms with Crippen LogP contribution in [0.1, 0.15) is 82.9 Å². The second-order valence-electron chi connectivity index (χ2n) is 17.2. The fraction of sp³-hybridized carbons (Fsp3) is 0.385. The second-order valence-corrected chi connectivity index (χ2v) is 17.2. The zero-order valence-corrected chi connectivity index (χ0v) is 39.2. The molecule has 4 aromatic carbocycles. The summed E-state index contributed by atoms with van der Waals surface area (Å²) in [5.74, 6) is -4.20. The molecule has 376 valence electrons. The molecule has 8 amide bonds. The molecule has 20 heteroatoms. The Morgan fingerprint density at radius 2 is 0.417 bits per heavy atom. The molecule has 0 radical (unpaired) electrons. The summed E-state index contributed by atoms with van der Waals surface area (Å²) in [5.41, 5.74) is 1.89. The van der Waals surface area contributed by atoms with E-state index in [1.165, 1.54) is 0 Å². The SMILES string of the molecule is O=C1c2ccccc2C(=O)N1C[C@@H]1OCCOCCOCCO[C@H](CN2C(=O)c3ccccc3C2=O)[C@@H](CN2C(=O)c3ccccc3C2=O)OCCOCCOCCO[C@@H]1CN1C(=O)c2ccccc2C1=O. The van der Waals surface area contributed by atoms with Gasteiger partial charge in [0.15, 0.2) is 0 Å². The highest BCUT2D eigenvalue weighted by atomic mass is 16.6. The van der Waals surface area contributed by atoms with Gasteiger partial charge in [0.2, 0.25) is 0 Å². The van der Waals surface area contributed by atoms with Crippen LogP contribution in [-0.4, -0.2) is 197 Å². The zero-order valence-electron chi connectivity index (χ0n) is 39.2. The molecule has 5 aliphatic heterocycles. The monoisotopic (exact) mass is 988 g/mol. The minimum Gasteiger partial charge on any atom is -0.377 e. The van der Waals surface area contributed by atoms with E-state index in [9.17, 15) is 38.4 Å². The van der Waals surface area contributed by atoms with Crippen LogP contribution in [-0.2, 0) is 37.9 Å². The van der Waals surface area contributed by atoms with Crippen molar-refractivity contribution >= 4 is 47.3 Å². The van der Waals surface area contributed by atoms with Crippen molar-refractivity contribution in [1.82, 2.24) is 19.6 Å². The van der Waals surface area contributed by atoms with Gasteiger partial charge in [-0.15, -0.1) is 0 Å². The van der Waals surface area contributed by atoms with Crippen molar-refractivity contribution in [1.29, 1.82) is 0 Å². The van der Waals surface area contributed by atoms with Crippen LogP contribution in [0, 0.1) is 0 Å². The molecule has 1 fully saturated rings. The molecular formula is C52H52N4O16. The number of hydrogen-bond acceptors (Lipinski definition) is 16. The van der Waals surface area contributed by atoms with Crippen molar-refractivity contribution in [3.63, 3.8) is 0 Å². The topological polar surface area (TPSA) is 223 Å². The van der Waals surface area contributed by atoms with Crippen LogP contribution in [0.5, 0.6) is 0 Å². The molecule has 0 aliphatic carbocycles. The summed E-state index contributed by atoms with van der Waals surface area (Å²) in [5, 5.41) is 0. The molecule has 0 bridgehead atoms. The van der Waals surface area contributed by atoms with E-state index in [0.29, 0.717) is 0 Å². The van der Waals surface area contributed by atoms with Crippen LogP contribution in [0.3, 0.4) is 0 Å². The standard InChI is InChI=1S/C52H52N4O16/c57-45-33-9-1-2-10-34(33)46(58)53(45)29-41-42(30-54-47(59)35-11-3-4-12-36(35)48(54)60)70-26-22-66-19-20-68-24-28-72-44(32-56-51(63)39-15-7-8-16-40(39)52(56)64)43(71-27-23-67-18-17-65-21-25-69-41)31-55-49(61)37-13-5-6-14-38(37)50(55)62/h1-16,41-44H,17-32H2/t41-,42-,43-,44+/m1/s1. The molecule has 0 unspecified atom stereocenters. The Hall–Kier alpha value is -6.88. The molecule has 72 heavy (non-hydrogen) atoms. The van der Waals surface area contributed by atoms with Crippen molar-refractivity contribution in [2.75, 3.05) is 105 Å². The van der Waals surface area contributed by atoms with Crippen molar-refractivity contribution in [2.24, 2.45) is 0 Å². The zero-order chi connectivity index (χ0) is 50.1. The number of rotatable bonds is 8. The van der Waals surface area contributed by atoms with Crippen molar-refractivity contribution in [2.45, 2.75) is 24.4 Å². The normalized spacial score (nSPS) is 23.3. The number of carbonyl (C=O) groups is 8. The predicted octanol–water partition coefficient (Wildman–Crippen LogP) is 2.79. The first-order chi connectivity index (χ1) is 35.1. The van der Waals surface area contributed by atoms with Gasteiger partial charge in [0.25, 0.3) is 47.3 Å². The Balaban J connectivity index is 0.886. The smallest absolute Gasteiger partial charge is 0.261 e. The van der Waals surface area contributed by atoms with Gasteiger partial charge in [-0.1, -0.05) is 48.5 Å². The first-order valence-electron chi connectivity index (χ1n) is 23.7. The highest BCUT2D eigenvalue weighted by molar-refractivity contribution is 6.23. The van der Waals surface area contributed by atoms with Crippen LogP contribution in [0.25, 0.3) is 0 Å². The Kier molecular flexibility index (Phi) is 16.1. The van der Waals surface area contributed by atoms with Gasteiger partial charge in [0, 0.05) is 0 Å². The van der Waals surface area contributed by atoms with Gasteiger partial charge in [0.1, 0.15) is 24.4 Å². The fourth-order valence-corrected chi connectivity index (χ4v) is 9.13. The molecular weight excluding hydrogens is 937 g/mol. The number of hydrogen-bond donors (Lipinski definition) is 0. The third-order valence-electron chi connectivity index (χ3n) is 12.8. The Morgan fingerprint density at radius 3 is 0.583 bits per heavy atom. The lowest BCUT2D eigenvalue weighted by Crippen LogP contribution is -2.50. The van der Waals surface area contributed by atoms with E-state index in [0.717, 1.165) is 19.6 Å². The molecule has 1 saturated heterocycles. The Morgan fingerprint density at radius 1 is 0.264 bits per heavy atom. The molecule has 4 aromatic rings. The van der Waals surface area contributed by atoms with E-state index in [2.05, 4.69) is 0 Å². The number of nitrogens with zero attached hydrogens (tertiary/aromatic N) is 4. The van der Waals surface area contributed by atoms with Crippen molar-refractivity contribution in [3.05, 3.63) is 142 Å². The first-order valence-corrected chi connectivity index (χ1v) is 23.7. The van der Waals surface area contributed by atoms with E-state index >= 15 is 0 Å². The van der Waals surface area contributed by atoms with Gasteiger partial charge in [0.05, 0.1) is 150 Å². The van der Waals surface area contributed by atoms with Crippen molar-refractivity contribution < 1.29 is 76.3 Å². The van der Waals surface area contributed by atoms with Crippen LogP contribution < -0.4 is 0 Å². The Bertz CT molecular complexity index is 2220. The number of fused-ring (bicyclic) bond motifs is 4. The largest absolute Gasteiger partial charge is 0.377 e. The molecule has 4 atom stereocenters. The first kappa shape index (κ1) is 50.1. The fourth-order valence-electron chi connectivity index (χ4n) is 9.13. The number of imide groups is 4. The van der Waals surface area contributed by atoms with E-state index in [4.69, 9.17) is 37.9 Å². The highest BCUT2D eigenvalue weighted by Crippen LogP contribution is 2.29. The van der Waals surface area contributed by atoms with Crippen LogP contribution in [0.4, 0.5) is 0 Å². The molecule has 5 heterocycles. The average Bonchev–Trinajstić information content (AvgIpc) is 3.98. The van der Waals surface area contributed by atoms with E-state index < -0.39 is 71.7 Å². The molecule has 20 nitrogen and oxygen atoms in total. The lowest BCUT2D eigenvalue weighted by atomic mass is 10.1. The van der Waals surface area contributed by atoms with Gasteiger partial charge < -0.3 is 37.9 Å². The lowest BCUT2D eigenvalue weighted by molar-refractivity contribution is -0.112. The minimum absolute atomic E-state index is 0.0283. The van der Waals surface area contributed by atoms with Gasteiger partial charge >= 0.3 is 0 Å². The highest BCUT2D eigenvalue weighted by Gasteiger charge is 2.44. The predicted molar refractivity (Wildman–Crippen MR) is 249 cm³/mol. The molecule has 0 saturated carbocycles. The maximum absolute atomic E-state index is 13.6. The number of ether oxygens (including phenoxy) is 8. The minimum atomic E-state index is -1.04. The van der Waals surface area contributed by atoms with Gasteiger partial charge in [-0.25, -0.2) is 0 Å². The van der Waals surface area contributed by atoms with Crippen molar-refractivity contribution in [3.8, 4) is 0 Å². The molecule has 0 spiro atoms. The number of carbonyl (C=O) groups excluding carboxylic acids is 8. The molecule has 9 rings (SSSR count). The maximum atomic E-state index is 13.6. The van der Waals surface area contributed by atoms with Crippen LogP contribution in [0.2, 0.25) is 0 Å². The third kappa shape index (κ3) is 10.7. The summed E-state index contributed by atoms with van der Waals surface area (Å²) in [7, 11) is 0. The van der Waals surface area contributed by atoms with Gasteiger partial charge in [-0.2, -0.15) is 0 Å². The average molecular weight is 989 g/mol. The summed E-state index contributed by atoms with van der Waals surface area (Å²) >= 11 is 0. The number of benzene rings is 4. The summed E-state index contributed by atoms with van der Waals surface area (Å²) in [6.45, 7) is -0.789.